The van der Waals surface area contributed by atoms with E-state index in [1.54, 1.807) is 42.1 Å². The Hall–Kier alpha value is -2.28. The predicted octanol–water partition coefficient (Wildman–Crippen LogP) is 5.09. The van der Waals surface area contributed by atoms with E-state index in [1.807, 2.05) is 19.9 Å². The van der Waals surface area contributed by atoms with Crippen LogP contribution in [-0.4, -0.2) is 26.8 Å². The van der Waals surface area contributed by atoms with Crippen LogP contribution in [0.15, 0.2) is 36.4 Å². The van der Waals surface area contributed by atoms with E-state index in [4.69, 9.17) is 39.5 Å². The number of nitrogens with one attached hydrogen (secondary N) is 1. The third-order valence-electron chi connectivity index (χ3n) is 4.14. The van der Waals surface area contributed by atoms with Crippen LogP contribution >= 0.6 is 34.8 Å². The second-order valence-electron chi connectivity index (χ2n) is 7.02. The summed E-state index contributed by atoms with van der Waals surface area (Å²) in [6.45, 7) is 4.17. The number of hydrogen-bond donors (Lipinski definition) is 1. The normalized spacial score (nSPS) is 11.0. The van der Waals surface area contributed by atoms with E-state index in [9.17, 15) is 4.79 Å². The lowest BCUT2D eigenvalue weighted by atomic mass is 10.2. The molecule has 0 saturated carbocycles. The van der Waals surface area contributed by atoms with Crippen molar-refractivity contribution in [2.24, 2.45) is 7.05 Å². The van der Waals surface area contributed by atoms with Gasteiger partial charge in [-0.2, -0.15) is 5.10 Å². The summed E-state index contributed by atoms with van der Waals surface area (Å²) in [5.74, 6) is 1.41. The van der Waals surface area contributed by atoms with Crippen LogP contribution in [0, 0.1) is 0 Å². The molecule has 3 aromatic rings. The summed E-state index contributed by atoms with van der Waals surface area (Å²) in [7, 11) is 1.75. The molecule has 0 fully saturated rings. The quantitative estimate of drug-likeness (QED) is 0.525. The smallest absolute Gasteiger partial charge is 0.227 e. The van der Waals surface area contributed by atoms with Gasteiger partial charge in [0, 0.05) is 29.2 Å². The molecule has 0 aliphatic rings. The summed E-state index contributed by atoms with van der Waals surface area (Å²) in [5.41, 5.74) is 1.57. The van der Waals surface area contributed by atoms with E-state index in [0.717, 1.165) is 11.1 Å². The van der Waals surface area contributed by atoms with Crippen molar-refractivity contribution >= 4 is 40.7 Å². The molecule has 0 aliphatic heterocycles. The standard InChI is InChI=1S/C21H21Cl3N4O2/c1-12(2)30-18-8-14(4-5-17(18)24)21-26-19(28(3)27-21)10-20(29)25-11-13-6-15(22)9-16(23)7-13/h4-9,12H,10-11H2,1-3H3,(H,25,29). The van der Waals surface area contributed by atoms with Crippen LogP contribution in [-0.2, 0) is 24.8 Å². The fourth-order valence-corrected chi connectivity index (χ4v) is 3.53. The summed E-state index contributed by atoms with van der Waals surface area (Å²) in [6, 6.07) is 10.5. The number of amides is 1. The molecule has 158 valence electrons. The first-order valence-electron chi connectivity index (χ1n) is 9.29. The summed E-state index contributed by atoms with van der Waals surface area (Å²) < 4.78 is 7.31. The molecule has 0 saturated heterocycles. The Kier molecular flexibility index (Phi) is 7.23. The molecule has 3 rings (SSSR count). The van der Waals surface area contributed by atoms with Gasteiger partial charge in [0.25, 0.3) is 0 Å². The Bertz CT molecular complexity index is 1050. The van der Waals surface area contributed by atoms with Gasteiger partial charge >= 0.3 is 0 Å². The predicted molar refractivity (Wildman–Crippen MR) is 119 cm³/mol. The summed E-state index contributed by atoms with van der Waals surface area (Å²) in [6.07, 6.45) is 0.0730. The van der Waals surface area contributed by atoms with Crippen LogP contribution in [0.1, 0.15) is 25.2 Å². The lowest BCUT2D eigenvalue weighted by Gasteiger charge is -2.11. The zero-order valence-corrected chi connectivity index (χ0v) is 19.0. The van der Waals surface area contributed by atoms with Gasteiger partial charge in [-0.15, -0.1) is 0 Å². The van der Waals surface area contributed by atoms with Gasteiger partial charge in [0.2, 0.25) is 5.91 Å². The largest absolute Gasteiger partial charge is 0.489 e. The zero-order chi connectivity index (χ0) is 21.8. The van der Waals surface area contributed by atoms with E-state index in [1.165, 1.54) is 0 Å². The number of halogens is 3. The maximum absolute atomic E-state index is 12.4. The third kappa shape index (κ3) is 5.88. The average Bonchev–Trinajstić information content (AvgIpc) is 3.01. The number of aromatic nitrogens is 3. The van der Waals surface area contributed by atoms with Crippen molar-refractivity contribution in [1.82, 2.24) is 20.1 Å². The molecule has 0 radical (unpaired) electrons. The molecule has 1 N–H and O–H groups in total. The molecular weight excluding hydrogens is 447 g/mol. The van der Waals surface area contributed by atoms with Gasteiger partial charge in [-0.1, -0.05) is 34.8 Å². The summed E-state index contributed by atoms with van der Waals surface area (Å²) >= 11 is 18.2. The molecule has 0 spiro atoms. The number of nitrogens with zero attached hydrogens (tertiary/aromatic N) is 3. The number of carbonyl (C=O) groups is 1. The number of ether oxygens (including phenoxy) is 1. The van der Waals surface area contributed by atoms with E-state index >= 15 is 0 Å². The highest BCUT2D eigenvalue weighted by Gasteiger charge is 2.15. The lowest BCUT2D eigenvalue weighted by molar-refractivity contribution is -0.120. The molecule has 0 bridgehead atoms. The summed E-state index contributed by atoms with van der Waals surface area (Å²) in [4.78, 5) is 16.9. The molecule has 9 heteroatoms. The Morgan fingerprint density at radius 2 is 1.83 bits per heavy atom. The number of benzene rings is 2. The van der Waals surface area contributed by atoms with Gasteiger partial charge in [-0.3, -0.25) is 9.48 Å². The van der Waals surface area contributed by atoms with Crippen molar-refractivity contribution < 1.29 is 9.53 Å². The van der Waals surface area contributed by atoms with Gasteiger partial charge in [0.05, 0.1) is 17.5 Å². The highest BCUT2D eigenvalue weighted by molar-refractivity contribution is 6.34. The highest BCUT2D eigenvalue weighted by Crippen LogP contribution is 2.30. The molecule has 6 nitrogen and oxygen atoms in total. The van der Waals surface area contributed by atoms with Crippen LogP contribution in [0.25, 0.3) is 11.4 Å². The zero-order valence-electron chi connectivity index (χ0n) is 16.7. The lowest BCUT2D eigenvalue weighted by Crippen LogP contribution is -2.25. The molecule has 1 heterocycles. The average molecular weight is 468 g/mol. The Labute approximate surface area is 190 Å². The van der Waals surface area contributed by atoms with Crippen molar-refractivity contribution in [2.75, 3.05) is 0 Å². The number of hydrogen-bond acceptors (Lipinski definition) is 4. The first-order chi connectivity index (χ1) is 14.2. The van der Waals surface area contributed by atoms with Gasteiger partial charge in [0.15, 0.2) is 5.82 Å². The Balaban J connectivity index is 1.69. The molecule has 1 aromatic heterocycles. The molecule has 1 amide bonds. The summed E-state index contributed by atoms with van der Waals surface area (Å²) in [5, 5.41) is 8.82. The Morgan fingerprint density at radius 3 is 2.50 bits per heavy atom. The first-order valence-corrected chi connectivity index (χ1v) is 10.4. The van der Waals surface area contributed by atoms with Gasteiger partial charge in [-0.05, 0) is 55.8 Å². The SMILES string of the molecule is CC(C)Oc1cc(-c2nc(CC(=O)NCc3cc(Cl)cc(Cl)c3)n(C)n2)ccc1Cl. The second kappa shape index (κ2) is 9.69. The van der Waals surface area contributed by atoms with Crippen LogP contribution in [0.2, 0.25) is 15.1 Å². The maximum atomic E-state index is 12.4. The van der Waals surface area contributed by atoms with Gasteiger partial charge < -0.3 is 10.1 Å². The second-order valence-corrected chi connectivity index (χ2v) is 8.30. The third-order valence-corrected chi connectivity index (χ3v) is 4.88. The topological polar surface area (TPSA) is 69.0 Å². The molecule has 30 heavy (non-hydrogen) atoms. The molecule has 0 unspecified atom stereocenters. The van der Waals surface area contributed by atoms with Crippen LogP contribution in [0.3, 0.4) is 0 Å². The van der Waals surface area contributed by atoms with Crippen LogP contribution in [0.5, 0.6) is 5.75 Å². The number of aryl methyl sites for hydroxylation is 1. The molecule has 0 aliphatic carbocycles. The first kappa shape index (κ1) is 22.4. The fraction of sp³-hybridized carbons (Fsp3) is 0.286. The van der Waals surface area contributed by atoms with Crippen molar-refractivity contribution in [3.8, 4) is 17.1 Å². The fourth-order valence-electron chi connectivity index (χ4n) is 2.80. The molecule has 0 atom stereocenters. The van der Waals surface area contributed by atoms with Crippen molar-refractivity contribution in [3.05, 3.63) is 62.9 Å². The number of carbonyl (C=O) groups excluding carboxylic acids is 1. The number of rotatable bonds is 7. The maximum Gasteiger partial charge on any atom is 0.227 e. The Morgan fingerprint density at radius 1 is 1.13 bits per heavy atom. The van der Waals surface area contributed by atoms with Gasteiger partial charge in [-0.25, -0.2) is 4.98 Å². The van der Waals surface area contributed by atoms with E-state index in [2.05, 4.69) is 15.4 Å². The van der Waals surface area contributed by atoms with Crippen LogP contribution < -0.4 is 10.1 Å². The van der Waals surface area contributed by atoms with Crippen LogP contribution in [0.4, 0.5) is 0 Å². The van der Waals surface area contributed by atoms with E-state index in [-0.39, 0.29) is 18.4 Å². The van der Waals surface area contributed by atoms with Crippen molar-refractivity contribution in [3.63, 3.8) is 0 Å². The minimum absolute atomic E-state index is 0.0110. The van der Waals surface area contributed by atoms with E-state index in [0.29, 0.717) is 39.0 Å². The van der Waals surface area contributed by atoms with E-state index < -0.39 is 0 Å². The molecular formula is C21H21Cl3N4O2. The van der Waals surface area contributed by atoms with Crippen molar-refractivity contribution in [1.29, 1.82) is 0 Å². The highest BCUT2D eigenvalue weighted by atomic mass is 35.5. The minimum Gasteiger partial charge on any atom is -0.489 e. The molecule has 2 aromatic carbocycles. The minimum atomic E-state index is -0.187. The monoisotopic (exact) mass is 466 g/mol. The van der Waals surface area contributed by atoms with Crippen molar-refractivity contribution in [2.45, 2.75) is 32.9 Å². The van der Waals surface area contributed by atoms with Gasteiger partial charge in [0.1, 0.15) is 11.6 Å².